The standard InChI is InChI=1S/C18H17BrN2O2S3/c1-23-12-4-6-13(7-5-12)24-10-2-3-17(22)21-18-20-14(11-25-18)15-8-9-16(19)26-15/h4-9,11H,2-3,10H2,1H3,(H,20,21,22). The molecule has 3 rings (SSSR count). The maximum Gasteiger partial charge on any atom is 0.226 e. The molecule has 0 aliphatic heterocycles. The van der Waals surface area contributed by atoms with E-state index in [-0.39, 0.29) is 5.91 Å². The molecule has 0 bridgehead atoms. The second-order valence-electron chi connectivity index (χ2n) is 5.32. The molecule has 0 atom stereocenters. The van der Waals surface area contributed by atoms with E-state index in [0.29, 0.717) is 11.6 Å². The van der Waals surface area contributed by atoms with E-state index in [0.717, 1.165) is 32.3 Å². The van der Waals surface area contributed by atoms with Crippen molar-refractivity contribution in [2.75, 3.05) is 18.2 Å². The maximum atomic E-state index is 12.1. The van der Waals surface area contributed by atoms with Crippen LogP contribution in [0.2, 0.25) is 0 Å². The van der Waals surface area contributed by atoms with Gasteiger partial charge in [0.15, 0.2) is 5.13 Å². The number of amides is 1. The van der Waals surface area contributed by atoms with E-state index in [1.807, 2.05) is 41.8 Å². The number of benzene rings is 1. The van der Waals surface area contributed by atoms with Gasteiger partial charge in [-0.1, -0.05) is 0 Å². The number of nitrogens with one attached hydrogen (secondary N) is 1. The van der Waals surface area contributed by atoms with Gasteiger partial charge < -0.3 is 10.1 Å². The van der Waals surface area contributed by atoms with Crippen LogP contribution in [-0.4, -0.2) is 23.8 Å². The van der Waals surface area contributed by atoms with Crippen molar-refractivity contribution < 1.29 is 9.53 Å². The molecular weight excluding hydrogens is 452 g/mol. The number of rotatable bonds is 8. The molecule has 26 heavy (non-hydrogen) atoms. The van der Waals surface area contributed by atoms with Crippen molar-refractivity contribution in [3.63, 3.8) is 0 Å². The molecule has 0 aliphatic carbocycles. The molecule has 0 unspecified atom stereocenters. The lowest BCUT2D eigenvalue weighted by atomic mass is 10.3. The number of halogens is 1. The molecule has 136 valence electrons. The Hall–Kier alpha value is -1.35. The smallest absolute Gasteiger partial charge is 0.226 e. The topological polar surface area (TPSA) is 51.2 Å². The second-order valence-corrected chi connectivity index (χ2v) is 9.81. The highest BCUT2D eigenvalue weighted by Crippen LogP contribution is 2.33. The number of anilines is 1. The first-order chi connectivity index (χ1) is 12.6. The molecule has 1 N–H and O–H groups in total. The number of hydrogen-bond acceptors (Lipinski definition) is 6. The fraction of sp³-hybridized carbons (Fsp3) is 0.222. The minimum absolute atomic E-state index is 0.00795. The van der Waals surface area contributed by atoms with Crippen LogP contribution in [-0.2, 0) is 4.79 Å². The second kappa shape index (κ2) is 9.55. The van der Waals surface area contributed by atoms with Gasteiger partial charge in [-0.25, -0.2) is 4.98 Å². The number of thioether (sulfide) groups is 1. The molecule has 2 heterocycles. The monoisotopic (exact) mass is 468 g/mol. The molecule has 0 spiro atoms. The number of aromatic nitrogens is 1. The molecular formula is C18H17BrN2O2S3. The third-order valence-electron chi connectivity index (χ3n) is 3.45. The van der Waals surface area contributed by atoms with Crippen molar-refractivity contribution >= 4 is 61.4 Å². The van der Waals surface area contributed by atoms with Crippen LogP contribution in [0.3, 0.4) is 0 Å². The number of ether oxygens (including phenoxy) is 1. The summed E-state index contributed by atoms with van der Waals surface area (Å²) >= 11 is 8.27. The van der Waals surface area contributed by atoms with E-state index in [1.54, 1.807) is 30.2 Å². The van der Waals surface area contributed by atoms with E-state index in [9.17, 15) is 4.79 Å². The first-order valence-corrected chi connectivity index (χ1v) is 11.4. The Labute approximate surface area is 173 Å². The predicted molar refractivity (Wildman–Crippen MR) is 115 cm³/mol. The van der Waals surface area contributed by atoms with Crippen molar-refractivity contribution in [3.8, 4) is 16.3 Å². The van der Waals surface area contributed by atoms with Gasteiger partial charge in [-0.2, -0.15) is 0 Å². The van der Waals surface area contributed by atoms with Crippen LogP contribution in [0, 0.1) is 0 Å². The molecule has 3 aromatic rings. The fourth-order valence-corrected chi connectivity index (χ4v) is 5.17. The number of hydrogen-bond donors (Lipinski definition) is 1. The highest BCUT2D eigenvalue weighted by molar-refractivity contribution is 9.11. The maximum absolute atomic E-state index is 12.1. The zero-order valence-corrected chi connectivity index (χ0v) is 18.1. The molecule has 0 fully saturated rings. The SMILES string of the molecule is COc1ccc(SCCCC(=O)Nc2nc(-c3ccc(Br)s3)cs2)cc1. The van der Waals surface area contributed by atoms with Gasteiger partial charge in [0, 0.05) is 16.7 Å². The molecule has 1 amide bonds. The Bertz CT molecular complexity index is 861. The summed E-state index contributed by atoms with van der Waals surface area (Å²) < 4.78 is 6.22. The van der Waals surface area contributed by atoms with E-state index in [4.69, 9.17) is 4.74 Å². The van der Waals surface area contributed by atoms with E-state index < -0.39 is 0 Å². The van der Waals surface area contributed by atoms with Crippen LogP contribution in [0.5, 0.6) is 5.75 Å². The average molecular weight is 469 g/mol. The van der Waals surface area contributed by atoms with Crippen LogP contribution in [0.4, 0.5) is 5.13 Å². The summed E-state index contributed by atoms with van der Waals surface area (Å²) in [4.78, 5) is 18.8. The highest BCUT2D eigenvalue weighted by atomic mass is 79.9. The quantitative estimate of drug-likeness (QED) is 0.317. The van der Waals surface area contributed by atoms with Gasteiger partial charge in [0.1, 0.15) is 5.75 Å². The highest BCUT2D eigenvalue weighted by Gasteiger charge is 2.09. The van der Waals surface area contributed by atoms with Crippen LogP contribution in [0.15, 0.2) is 50.5 Å². The van der Waals surface area contributed by atoms with Crippen LogP contribution >= 0.6 is 50.4 Å². The van der Waals surface area contributed by atoms with E-state index >= 15 is 0 Å². The summed E-state index contributed by atoms with van der Waals surface area (Å²) in [7, 11) is 1.66. The molecule has 0 saturated heterocycles. The number of methoxy groups -OCH3 is 1. The van der Waals surface area contributed by atoms with Gasteiger partial charge in [-0.15, -0.1) is 34.4 Å². The number of thiophene rings is 1. The van der Waals surface area contributed by atoms with Crippen LogP contribution < -0.4 is 10.1 Å². The van der Waals surface area contributed by atoms with Crippen molar-refractivity contribution in [3.05, 3.63) is 45.6 Å². The Morgan fingerprint density at radius 1 is 1.27 bits per heavy atom. The lowest BCUT2D eigenvalue weighted by molar-refractivity contribution is -0.116. The summed E-state index contributed by atoms with van der Waals surface area (Å²) in [6, 6.07) is 12.0. The summed E-state index contributed by atoms with van der Waals surface area (Å²) in [5.74, 6) is 1.76. The van der Waals surface area contributed by atoms with Crippen molar-refractivity contribution in [1.29, 1.82) is 0 Å². The van der Waals surface area contributed by atoms with Gasteiger partial charge in [0.2, 0.25) is 5.91 Å². The van der Waals surface area contributed by atoms with Gasteiger partial charge in [0.05, 0.1) is 21.5 Å². The molecule has 1 aromatic carbocycles. The van der Waals surface area contributed by atoms with E-state index in [2.05, 4.69) is 26.2 Å². The van der Waals surface area contributed by atoms with E-state index in [1.165, 1.54) is 16.2 Å². The van der Waals surface area contributed by atoms with Gasteiger partial charge in [0.25, 0.3) is 0 Å². The number of carbonyl (C=O) groups is 1. The number of carbonyl (C=O) groups excluding carboxylic acids is 1. The van der Waals surface area contributed by atoms with Gasteiger partial charge >= 0.3 is 0 Å². The Balaban J connectivity index is 1.40. The zero-order chi connectivity index (χ0) is 18.4. The number of thiazole rings is 1. The minimum Gasteiger partial charge on any atom is -0.497 e. The molecule has 0 aliphatic rings. The third kappa shape index (κ3) is 5.57. The van der Waals surface area contributed by atoms with Gasteiger partial charge in [-0.3, -0.25) is 4.79 Å². The summed E-state index contributed by atoms with van der Waals surface area (Å²) in [6.45, 7) is 0. The lowest BCUT2D eigenvalue weighted by Crippen LogP contribution is -2.11. The molecule has 0 saturated carbocycles. The van der Waals surface area contributed by atoms with Crippen molar-refractivity contribution in [1.82, 2.24) is 4.98 Å². The van der Waals surface area contributed by atoms with Gasteiger partial charge in [-0.05, 0) is 64.5 Å². The van der Waals surface area contributed by atoms with Crippen molar-refractivity contribution in [2.45, 2.75) is 17.7 Å². The molecule has 0 radical (unpaired) electrons. The predicted octanol–water partition coefficient (Wildman–Crippen LogP) is 6.15. The van der Waals surface area contributed by atoms with Crippen LogP contribution in [0.25, 0.3) is 10.6 Å². The Morgan fingerprint density at radius 3 is 2.77 bits per heavy atom. The summed E-state index contributed by atoms with van der Waals surface area (Å²) in [5.41, 5.74) is 0.899. The Kier molecular flexibility index (Phi) is 7.13. The van der Waals surface area contributed by atoms with Crippen molar-refractivity contribution in [2.24, 2.45) is 0 Å². The first kappa shape index (κ1) is 19.4. The van der Waals surface area contributed by atoms with Crippen LogP contribution in [0.1, 0.15) is 12.8 Å². The average Bonchev–Trinajstić information content (AvgIpc) is 3.28. The fourth-order valence-electron chi connectivity index (χ4n) is 2.17. The molecule has 4 nitrogen and oxygen atoms in total. The lowest BCUT2D eigenvalue weighted by Gasteiger charge is -2.04. The summed E-state index contributed by atoms with van der Waals surface area (Å²) in [5, 5.41) is 5.50. The normalized spacial score (nSPS) is 10.7. The summed E-state index contributed by atoms with van der Waals surface area (Å²) in [6.07, 6.45) is 1.31. The number of nitrogens with zero attached hydrogens (tertiary/aromatic N) is 1. The molecule has 8 heteroatoms. The third-order valence-corrected chi connectivity index (χ3v) is 6.95. The first-order valence-electron chi connectivity index (χ1n) is 7.92. The minimum atomic E-state index is 0.00795. The zero-order valence-electron chi connectivity index (χ0n) is 14.0. The Morgan fingerprint density at radius 2 is 2.08 bits per heavy atom. The largest absolute Gasteiger partial charge is 0.497 e. The molecule has 2 aromatic heterocycles.